The van der Waals surface area contributed by atoms with E-state index in [0.717, 1.165) is 0 Å². The van der Waals surface area contributed by atoms with Gasteiger partial charge in [-0.15, -0.1) is 0 Å². The van der Waals surface area contributed by atoms with E-state index >= 15 is 0 Å². The van der Waals surface area contributed by atoms with Gasteiger partial charge in [0.15, 0.2) is 0 Å². The molecule has 0 saturated heterocycles. The van der Waals surface area contributed by atoms with Gasteiger partial charge in [0, 0.05) is 16.6 Å². The van der Waals surface area contributed by atoms with Crippen molar-refractivity contribution in [1.29, 1.82) is 0 Å². The Balaban J connectivity index is 2.23. The van der Waals surface area contributed by atoms with Crippen molar-refractivity contribution >= 4 is 44.9 Å². The van der Waals surface area contributed by atoms with Gasteiger partial charge in [0.1, 0.15) is 16.8 Å². The van der Waals surface area contributed by atoms with Crippen LogP contribution >= 0.6 is 27.5 Å². The van der Waals surface area contributed by atoms with Gasteiger partial charge in [0.25, 0.3) is 5.91 Å². The van der Waals surface area contributed by atoms with Gasteiger partial charge in [-0.2, -0.15) is 0 Å². The first kappa shape index (κ1) is 15.7. The van der Waals surface area contributed by atoms with Gasteiger partial charge in [-0.1, -0.05) is 11.6 Å². The zero-order valence-corrected chi connectivity index (χ0v) is 13.4. The molecule has 0 aliphatic rings. The van der Waals surface area contributed by atoms with Crippen LogP contribution in [0.4, 0.5) is 15.9 Å². The predicted molar refractivity (Wildman–Crippen MR) is 85.5 cm³/mol. The van der Waals surface area contributed by atoms with Gasteiger partial charge in [-0.3, -0.25) is 4.79 Å². The highest BCUT2D eigenvalue weighted by atomic mass is 79.9. The van der Waals surface area contributed by atoms with E-state index in [1.54, 1.807) is 6.07 Å². The van der Waals surface area contributed by atoms with E-state index in [-0.39, 0.29) is 16.9 Å². The fourth-order valence-electron chi connectivity index (χ4n) is 1.69. The van der Waals surface area contributed by atoms with Crippen LogP contribution < -0.4 is 10.6 Å². The minimum atomic E-state index is -0.388. The summed E-state index contributed by atoms with van der Waals surface area (Å²) < 4.78 is 13.5. The van der Waals surface area contributed by atoms with E-state index in [0.29, 0.717) is 28.1 Å². The topological polar surface area (TPSA) is 54.0 Å². The van der Waals surface area contributed by atoms with Crippen LogP contribution in [0.5, 0.6) is 0 Å². The SMILES string of the molecule is CCNc1cc(C(=O)Nc2ccc(F)cc2Br)cc(Cl)n1. The van der Waals surface area contributed by atoms with E-state index in [1.807, 2.05) is 6.92 Å². The number of benzene rings is 1. The van der Waals surface area contributed by atoms with Crippen molar-refractivity contribution in [3.05, 3.63) is 51.3 Å². The van der Waals surface area contributed by atoms with Gasteiger partial charge in [0.05, 0.1) is 5.69 Å². The molecule has 1 heterocycles. The predicted octanol–water partition coefficient (Wildman–Crippen LogP) is 4.32. The van der Waals surface area contributed by atoms with Gasteiger partial charge in [0.2, 0.25) is 0 Å². The number of pyridine rings is 1. The Morgan fingerprint density at radius 1 is 1.38 bits per heavy atom. The summed E-state index contributed by atoms with van der Waals surface area (Å²) in [5.41, 5.74) is 0.835. The summed E-state index contributed by atoms with van der Waals surface area (Å²) in [5, 5.41) is 5.89. The second-order valence-electron chi connectivity index (χ2n) is 4.17. The molecule has 2 rings (SSSR count). The molecule has 0 atom stereocenters. The minimum absolute atomic E-state index is 0.219. The molecule has 1 aromatic carbocycles. The van der Waals surface area contributed by atoms with Gasteiger partial charge < -0.3 is 10.6 Å². The first-order valence-electron chi connectivity index (χ1n) is 6.17. The van der Waals surface area contributed by atoms with Gasteiger partial charge in [-0.25, -0.2) is 9.37 Å². The van der Waals surface area contributed by atoms with Crippen molar-refractivity contribution in [1.82, 2.24) is 4.98 Å². The molecule has 0 aliphatic carbocycles. The summed E-state index contributed by atoms with van der Waals surface area (Å²) in [5.74, 6) is -0.222. The molecule has 0 saturated carbocycles. The van der Waals surface area contributed by atoms with E-state index < -0.39 is 0 Å². The Bertz CT molecular complexity index is 681. The second kappa shape index (κ2) is 6.87. The Morgan fingerprint density at radius 2 is 2.14 bits per heavy atom. The van der Waals surface area contributed by atoms with Crippen molar-refractivity contribution in [2.24, 2.45) is 0 Å². The standard InChI is InChI=1S/C14H12BrClFN3O/c1-2-18-13-6-8(5-12(16)20-13)14(21)19-11-4-3-9(17)7-10(11)15/h3-7H,2H2,1H3,(H,18,20)(H,19,21). The number of carbonyl (C=O) groups is 1. The Morgan fingerprint density at radius 3 is 2.81 bits per heavy atom. The number of aromatic nitrogens is 1. The minimum Gasteiger partial charge on any atom is -0.370 e. The number of hydrogen-bond donors (Lipinski definition) is 2. The van der Waals surface area contributed by atoms with E-state index in [9.17, 15) is 9.18 Å². The highest BCUT2D eigenvalue weighted by Gasteiger charge is 2.11. The van der Waals surface area contributed by atoms with Crippen LogP contribution in [0, 0.1) is 5.82 Å². The Hall–Kier alpha value is -1.66. The van der Waals surface area contributed by atoms with E-state index in [4.69, 9.17) is 11.6 Å². The largest absolute Gasteiger partial charge is 0.370 e. The van der Waals surface area contributed by atoms with Crippen molar-refractivity contribution in [3.8, 4) is 0 Å². The number of nitrogens with zero attached hydrogens (tertiary/aromatic N) is 1. The maximum Gasteiger partial charge on any atom is 0.255 e. The third-order valence-corrected chi connectivity index (χ3v) is 3.44. The smallest absolute Gasteiger partial charge is 0.255 e. The molecule has 1 amide bonds. The van der Waals surface area contributed by atoms with Crippen LogP contribution in [0.1, 0.15) is 17.3 Å². The van der Waals surface area contributed by atoms with Crippen LogP contribution in [0.3, 0.4) is 0 Å². The maximum absolute atomic E-state index is 13.0. The normalized spacial score (nSPS) is 10.3. The fourth-order valence-corrected chi connectivity index (χ4v) is 2.34. The van der Waals surface area contributed by atoms with Crippen molar-refractivity contribution in [3.63, 3.8) is 0 Å². The van der Waals surface area contributed by atoms with Gasteiger partial charge >= 0.3 is 0 Å². The van der Waals surface area contributed by atoms with E-state index in [1.165, 1.54) is 24.3 Å². The third kappa shape index (κ3) is 4.15. The van der Waals surface area contributed by atoms with Crippen molar-refractivity contribution < 1.29 is 9.18 Å². The van der Waals surface area contributed by atoms with Crippen LogP contribution in [-0.2, 0) is 0 Å². The highest BCUT2D eigenvalue weighted by Crippen LogP contribution is 2.24. The summed E-state index contributed by atoms with van der Waals surface area (Å²) in [4.78, 5) is 16.3. The molecule has 0 radical (unpaired) electrons. The van der Waals surface area contributed by atoms with Crippen molar-refractivity contribution in [2.75, 3.05) is 17.2 Å². The van der Waals surface area contributed by atoms with Crippen LogP contribution in [0.25, 0.3) is 0 Å². The quantitative estimate of drug-likeness (QED) is 0.786. The molecule has 110 valence electrons. The molecule has 1 aromatic heterocycles. The fraction of sp³-hybridized carbons (Fsp3) is 0.143. The summed E-state index contributed by atoms with van der Waals surface area (Å²) in [6.07, 6.45) is 0. The second-order valence-corrected chi connectivity index (χ2v) is 5.41. The molecule has 0 spiro atoms. The number of carbonyl (C=O) groups excluding carboxylic acids is 1. The summed E-state index contributed by atoms with van der Waals surface area (Å²) in [6.45, 7) is 2.58. The lowest BCUT2D eigenvalue weighted by Gasteiger charge is -2.09. The average Bonchev–Trinajstić information content (AvgIpc) is 2.41. The number of amides is 1. The highest BCUT2D eigenvalue weighted by molar-refractivity contribution is 9.10. The summed E-state index contributed by atoms with van der Waals surface area (Å²) in [6, 6.07) is 7.09. The molecule has 0 fully saturated rings. The molecule has 7 heteroatoms. The monoisotopic (exact) mass is 371 g/mol. The summed E-state index contributed by atoms with van der Waals surface area (Å²) in [7, 11) is 0. The van der Waals surface area contributed by atoms with Crippen molar-refractivity contribution in [2.45, 2.75) is 6.92 Å². The number of hydrogen-bond acceptors (Lipinski definition) is 3. The molecule has 2 aromatic rings. The zero-order valence-electron chi connectivity index (χ0n) is 11.1. The Labute approximate surface area is 134 Å². The first-order chi connectivity index (χ1) is 9.99. The summed E-state index contributed by atoms with van der Waals surface area (Å²) >= 11 is 9.09. The lowest BCUT2D eigenvalue weighted by Crippen LogP contribution is -2.13. The molecular weight excluding hydrogens is 361 g/mol. The lowest BCUT2D eigenvalue weighted by molar-refractivity contribution is 0.102. The first-order valence-corrected chi connectivity index (χ1v) is 7.34. The van der Waals surface area contributed by atoms with Crippen LogP contribution in [0.2, 0.25) is 5.15 Å². The molecular formula is C14H12BrClFN3O. The molecule has 4 nitrogen and oxygen atoms in total. The number of rotatable bonds is 4. The number of halogens is 3. The van der Waals surface area contributed by atoms with Crippen LogP contribution in [0.15, 0.2) is 34.8 Å². The number of nitrogens with one attached hydrogen (secondary N) is 2. The molecule has 0 bridgehead atoms. The molecule has 21 heavy (non-hydrogen) atoms. The zero-order chi connectivity index (χ0) is 15.4. The lowest BCUT2D eigenvalue weighted by atomic mass is 10.2. The molecule has 0 aliphatic heterocycles. The van der Waals surface area contributed by atoms with Gasteiger partial charge in [-0.05, 0) is 53.2 Å². The maximum atomic E-state index is 13.0. The van der Waals surface area contributed by atoms with Crippen LogP contribution in [-0.4, -0.2) is 17.4 Å². The average molecular weight is 373 g/mol. The Kier molecular flexibility index (Phi) is 5.14. The molecule has 0 unspecified atom stereocenters. The number of anilines is 2. The molecule has 2 N–H and O–H groups in total. The van der Waals surface area contributed by atoms with E-state index in [2.05, 4.69) is 31.5 Å². The third-order valence-electron chi connectivity index (χ3n) is 2.59.